The molecule has 2 nitrogen and oxygen atoms in total. The molecule has 80 valence electrons. The van der Waals surface area contributed by atoms with Crippen LogP contribution in [-0.2, 0) is 6.54 Å². The molecule has 0 saturated heterocycles. The molecule has 1 heterocycles. The van der Waals surface area contributed by atoms with Gasteiger partial charge in [-0.3, -0.25) is 0 Å². The van der Waals surface area contributed by atoms with Gasteiger partial charge in [0.15, 0.2) is 0 Å². The Kier molecular flexibility index (Phi) is 2.93. The highest BCUT2D eigenvalue weighted by Crippen LogP contribution is 2.16. The summed E-state index contributed by atoms with van der Waals surface area (Å²) in [6, 6.07) is 10.0. The first-order valence-corrected chi connectivity index (χ1v) is 5.07. The Labute approximate surface area is 97.5 Å². The van der Waals surface area contributed by atoms with Gasteiger partial charge in [-0.15, -0.1) is 0 Å². The number of aromatic nitrogens is 1. The number of hydrogen-bond acceptors (Lipinski definition) is 1. The Morgan fingerprint density at radius 1 is 1.38 bits per heavy atom. The van der Waals surface area contributed by atoms with E-state index in [0.717, 1.165) is 0 Å². The molecule has 0 atom stereocenters. The van der Waals surface area contributed by atoms with E-state index in [9.17, 15) is 4.39 Å². The van der Waals surface area contributed by atoms with E-state index < -0.39 is 0 Å². The Morgan fingerprint density at radius 2 is 2.19 bits per heavy atom. The van der Waals surface area contributed by atoms with Crippen LogP contribution >= 0.6 is 11.6 Å². The first kappa shape index (κ1) is 10.7. The molecule has 0 amide bonds. The molecule has 0 spiro atoms. The lowest BCUT2D eigenvalue weighted by Crippen LogP contribution is -2.02. The molecule has 0 fully saturated rings. The Morgan fingerprint density at radius 3 is 2.88 bits per heavy atom. The van der Waals surface area contributed by atoms with Crippen LogP contribution in [0, 0.1) is 17.1 Å². The van der Waals surface area contributed by atoms with Crippen molar-refractivity contribution in [3.05, 3.63) is 58.6 Å². The molecule has 1 aromatic heterocycles. The molecule has 0 N–H and O–H groups in total. The summed E-state index contributed by atoms with van der Waals surface area (Å²) in [7, 11) is 0. The van der Waals surface area contributed by atoms with Crippen LogP contribution in [0.2, 0.25) is 5.02 Å². The molecular weight excluding hydrogens is 227 g/mol. The van der Waals surface area contributed by atoms with Gasteiger partial charge in [-0.25, -0.2) is 4.39 Å². The standard InChI is InChI=1S/C12H8ClFN2/c13-10-4-3-9(12(14)6-10)8-16-5-1-2-11(16)7-15/h1-6H,8H2. The summed E-state index contributed by atoms with van der Waals surface area (Å²) in [6.45, 7) is 0.332. The van der Waals surface area contributed by atoms with Gasteiger partial charge in [-0.2, -0.15) is 5.26 Å². The molecule has 0 bridgehead atoms. The smallest absolute Gasteiger partial charge is 0.129 e. The van der Waals surface area contributed by atoms with E-state index in [-0.39, 0.29) is 5.82 Å². The van der Waals surface area contributed by atoms with Gasteiger partial charge in [-0.05, 0) is 24.3 Å². The van der Waals surface area contributed by atoms with Gasteiger partial charge in [0.2, 0.25) is 0 Å². The highest BCUT2D eigenvalue weighted by molar-refractivity contribution is 6.30. The third kappa shape index (κ3) is 2.07. The monoisotopic (exact) mass is 234 g/mol. The van der Waals surface area contributed by atoms with E-state index in [2.05, 4.69) is 0 Å². The average molecular weight is 235 g/mol. The zero-order chi connectivity index (χ0) is 11.5. The minimum absolute atomic E-state index is 0.332. The largest absolute Gasteiger partial charge is 0.335 e. The van der Waals surface area contributed by atoms with Crippen molar-refractivity contribution in [3.63, 3.8) is 0 Å². The van der Waals surface area contributed by atoms with Crippen LogP contribution in [0.1, 0.15) is 11.3 Å². The molecule has 0 unspecified atom stereocenters. The fourth-order valence-electron chi connectivity index (χ4n) is 1.49. The molecular formula is C12H8ClFN2. The maximum atomic E-state index is 13.5. The zero-order valence-electron chi connectivity index (χ0n) is 8.32. The van der Waals surface area contributed by atoms with Gasteiger partial charge >= 0.3 is 0 Å². The molecule has 16 heavy (non-hydrogen) atoms. The van der Waals surface area contributed by atoms with Crippen LogP contribution in [0.3, 0.4) is 0 Å². The topological polar surface area (TPSA) is 28.7 Å². The molecule has 0 aliphatic heterocycles. The van der Waals surface area contributed by atoms with Gasteiger partial charge in [0.25, 0.3) is 0 Å². The molecule has 0 saturated carbocycles. The van der Waals surface area contributed by atoms with Crippen LogP contribution in [0.15, 0.2) is 36.5 Å². The lowest BCUT2D eigenvalue weighted by molar-refractivity contribution is 0.599. The molecule has 2 aromatic rings. The summed E-state index contributed by atoms with van der Waals surface area (Å²) in [5, 5.41) is 9.18. The SMILES string of the molecule is N#Cc1cccn1Cc1ccc(Cl)cc1F. The number of benzene rings is 1. The van der Waals surface area contributed by atoms with Crippen LogP contribution < -0.4 is 0 Å². The summed E-state index contributed by atoms with van der Waals surface area (Å²) in [5.41, 5.74) is 1.02. The van der Waals surface area contributed by atoms with Crippen molar-refractivity contribution in [2.45, 2.75) is 6.54 Å². The van der Waals surface area contributed by atoms with E-state index in [1.54, 1.807) is 35.0 Å². The highest BCUT2D eigenvalue weighted by Gasteiger charge is 2.05. The number of rotatable bonds is 2. The molecule has 0 aliphatic rings. The average Bonchev–Trinajstić information content (AvgIpc) is 2.69. The fourth-order valence-corrected chi connectivity index (χ4v) is 1.65. The minimum Gasteiger partial charge on any atom is -0.335 e. The first-order chi connectivity index (χ1) is 7.70. The lowest BCUT2D eigenvalue weighted by Gasteiger charge is -2.06. The van der Waals surface area contributed by atoms with Crippen LogP contribution in [0.5, 0.6) is 0 Å². The van der Waals surface area contributed by atoms with E-state index in [0.29, 0.717) is 22.8 Å². The zero-order valence-corrected chi connectivity index (χ0v) is 9.08. The summed E-state index contributed by atoms with van der Waals surface area (Å²) in [5.74, 6) is -0.356. The molecule has 2 rings (SSSR count). The van der Waals surface area contributed by atoms with Crippen molar-refractivity contribution in [1.82, 2.24) is 4.57 Å². The third-order valence-corrected chi connectivity index (χ3v) is 2.53. The predicted octanol–water partition coefficient (Wildman–Crippen LogP) is 3.20. The number of halogens is 2. The Balaban J connectivity index is 2.31. The number of hydrogen-bond donors (Lipinski definition) is 0. The molecule has 0 aliphatic carbocycles. The highest BCUT2D eigenvalue weighted by atomic mass is 35.5. The van der Waals surface area contributed by atoms with E-state index in [1.807, 2.05) is 6.07 Å². The quantitative estimate of drug-likeness (QED) is 0.785. The lowest BCUT2D eigenvalue weighted by atomic mass is 10.2. The summed E-state index contributed by atoms with van der Waals surface area (Å²) < 4.78 is 15.2. The van der Waals surface area contributed by atoms with Gasteiger partial charge in [-0.1, -0.05) is 17.7 Å². The molecule has 0 radical (unpaired) electrons. The first-order valence-electron chi connectivity index (χ1n) is 4.70. The van der Waals surface area contributed by atoms with Crippen molar-refractivity contribution in [3.8, 4) is 6.07 Å². The Bertz CT molecular complexity index is 554. The maximum Gasteiger partial charge on any atom is 0.129 e. The maximum absolute atomic E-state index is 13.5. The minimum atomic E-state index is -0.356. The normalized spacial score (nSPS) is 10.1. The predicted molar refractivity (Wildman–Crippen MR) is 59.7 cm³/mol. The van der Waals surface area contributed by atoms with Crippen molar-refractivity contribution >= 4 is 11.6 Å². The van der Waals surface area contributed by atoms with Crippen molar-refractivity contribution in [2.75, 3.05) is 0 Å². The summed E-state index contributed by atoms with van der Waals surface area (Å²) in [4.78, 5) is 0. The summed E-state index contributed by atoms with van der Waals surface area (Å²) >= 11 is 5.66. The van der Waals surface area contributed by atoms with Crippen LogP contribution in [-0.4, -0.2) is 4.57 Å². The second-order valence-electron chi connectivity index (χ2n) is 3.37. The van der Waals surface area contributed by atoms with Gasteiger partial charge in [0.05, 0.1) is 6.54 Å². The van der Waals surface area contributed by atoms with Gasteiger partial charge in [0.1, 0.15) is 17.6 Å². The third-order valence-electron chi connectivity index (χ3n) is 2.30. The van der Waals surface area contributed by atoms with E-state index in [4.69, 9.17) is 16.9 Å². The van der Waals surface area contributed by atoms with Gasteiger partial charge in [0, 0.05) is 16.8 Å². The number of nitrogens with zero attached hydrogens (tertiary/aromatic N) is 2. The summed E-state index contributed by atoms with van der Waals surface area (Å²) in [6.07, 6.45) is 1.74. The fraction of sp³-hybridized carbons (Fsp3) is 0.0833. The van der Waals surface area contributed by atoms with Crippen molar-refractivity contribution in [1.29, 1.82) is 5.26 Å². The Hall–Kier alpha value is -1.79. The van der Waals surface area contributed by atoms with Crippen LogP contribution in [0.4, 0.5) is 4.39 Å². The van der Waals surface area contributed by atoms with Crippen molar-refractivity contribution in [2.24, 2.45) is 0 Å². The van der Waals surface area contributed by atoms with E-state index in [1.165, 1.54) is 6.07 Å². The van der Waals surface area contributed by atoms with Crippen molar-refractivity contribution < 1.29 is 4.39 Å². The van der Waals surface area contributed by atoms with Crippen LogP contribution in [0.25, 0.3) is 0 Å². The van der Waals surface area contributed by atoms with E-state index >= 15 is 0 Å². The second kappa shape index (κ2) is 4.38. The van der Waals surface area contributed by atoms with Gasteiger partial charge < -0.3 is 4.57 Å². The number of nitriles is 1. The second-order valence-corrected chi connectivity index (χ2v) is 3.81. The molecule has 1 aromatic carbocycles. The molecule has 4 heteroatoms.